The van der Waals surface area contributed by atoms with E-state index in [1.807, 2.05) is 39.0 Å². The molecule has 0 fully saturated rings. The minimum absolute atomic E-state index is 0.0989. The summed E-state index contributed by atoms with van der Waals surface area (Å²) in [5.41, 5.74) is 4.10. The molecular weight excluding hydrogens is 392 g/mol. The zero-order valence-corrected chi connectivity index (χ0v) is 18.5. The summed E-state index contributed by atoms with van der Waals surface area (Å²) in [5, 5.41) is 9.49. The second-order valence-electron chi connectivity index (χ2n) is 8.02. The first-order valence-electron chi connectivity index (χ1n) is 10.1. The van der Waals surface area contributed by atoms with Crippen LogP contribution in [0.25, 0.3) is 11.7 Å². The zero-order valence-electron chi connectivity index (χ0n) is 18.5. The van der Waals surface area contributed by atoms with E-state index in [0.717, 1.165) is 29.2 Å². The molecule has 0 saturated carbocycles. The van der Waals surface area contributed by atoms with E-state index >= 15 is 0 Å². The summed E-state index contributed by atoms with van der Waals surface area (Å²) in [7, 11) is 0. The average molecular weight is 418 g/mol. The molecule has 0 saturated heterocycles. The lowest BCUT2D eigenvalue weighted by atomic mass is 10.1. The van der Waals surface area contributed by atoms with Crippen LogP contribution in [0.4, 0.5) is 0 Å². The molecule has 0 bridgehead atoms. The summed E-state index contributed by atoms with van der Waals surface area (Å²) >= 11 is 0. The second-order valence-corrected chi connectivity index (χ2v) is 8.02. The van der Waals surface area contributed by atoms with Gasteiger partial charge in [0, 0.05) is 29.7 Å². The van der Waals surface area contributed by atoms with Crippen LogP contribution in [0.15, 0.2) is 40.7 Å². The number of fused-ring (bicyclic) bond motifs is 1. The summed E-state index contributed by atoms with van der Waals surface area (Å²) < 4.78 is 8.94. The number of carbonyl (C=O) groups is 1. The van der Waals surface area contributed by atoms with Gasteiger partial charge in [-0.25, -0.2) is 9.78 Å². The number of esters is 1. The van der Waals surface area contributed by atoms with Crippen LogP contribution in [0.1, 0.15) is 42.2 Å². The van der Waals surface area contributed by atoms with Crippen LogP contribution >= 0.6 is 0 Å². The SMILES string of the molecule is Cc1cc(/C=C(\C#N)C(=O)OCc2cc(=O)n3c(C)cccc3n2)c(C)n1CC(C)C. The first-order valence-corrected chi connectivity index (χ1v) is 10.1. The number of nitriles is 1. The number of hydrogen-bond donors (Lipinski definition) is 0. The highest BCUT2D eigenvalue weighted by Crippen LogP contribution is 2.20. The van der Waals surface area contributed by atoms with Crippen molar-refractivity contribution in [1.82, 2.24) is 14.0 Å². The van der Waals surface area contributed by atoms with E-state index in [-0.39, 0.29) is 17.7 Å². The van der Waals surface area contributed by atoms with E-state index in [1.165, 1.54) is 10.5 Å². The van der Waals surface area contributed by atoms with Crippen molar-refractivity contribution in [3.05, 3.63) is 74.6 Å². The first-order chi connectivity index (χ1) is 14.7. The molecule has 3 aromatic rings. The van der Waals surface area contributed by atoms with Gasteiger partial charge in [0.2, 0.25) is 0 Å². The molecule has 0 atom stereocenters. The summed E-state index contributed by atoms with van der Waals surface area (Å²) in [6.45, 7) is 10.7. The third-order valence-electron chi connectivity index (χ3n) is 5.09. The van der Waals surface area contributed by atoms with Crippen molar-refractivity contribution in [2.75, 3.05) is 0 Å². The van der Waals surface area contributed by atoms with Crippen molar-refractivity contribution in [2.45, 2.75) is 47.8 Å². The fraction of sp³-hybridized carbons (Fsp3) is 0.333. The Hall–Kier alpha value is -3.66. The van der Waals surface area contributed by atoms with Gasteiger partial charge in [-0.1, -0.05) is 19.9 Å². The summed E-state index contributed by atoms with van der Waals surface area (Å²) in [6.07, 6.45) is 1.55. The molecule has 0 aliphatic carbocycles. The van der Waals surface area contributed by atoms with E-state index in [9.17, 15) is 14.9 Å². The van der Waals surface area contributed by atoms with Gasteiger partial charge in [-0.3, -0.25) is 9.20 Å². The maximum atomic E-state index is 12.5. The minimum Gasteiger partial charge on any atom is -0.455 e. The van der Waals surface area contributed by atoms with Crippen molar-refractivity contribution >= 4 is 17.7 Å². The minimum atomic E-state index is -0.748. The van der Waals surface area contributed by atoms with Gasteiger partial charge in [-0.2, -0.15) is 5.26 Å². The number of carbonyl (C=O) groups excluding carboxylic acids is 1. The van der Waals surface area contributed by atoms with Crippen LogP contribution < -0.4 is 5.56 Å². The summed E-state index contributed by atoms with van der Waals surface area (Å²) in [5.74, 6) is -0.272. The number of pyridine rings is 1. The molecule has 0 aromatic carbocycles. The molecule has 0 N–H and O–H groups in total. The van der Waals surface area contributed by atoms with Gasteiger partial charge in [0.15, 0.2) is 0 Å². The predicted octanol–water partition coefficient (Wildman–Crippen LogP) is 3.73. The lowest BCUT2D eigenvalue weighted by Gasteiger charge is -2.12. The molecular formula is C24H26N4O3. The van der Waals surface area contributed by atoms with Crippen LogP contribution in [0.3, 0.4) is 0 Å². The number of nitrogens with zero attached hydrogens (tertiary/aromatic N) is 4. The van der Waals surface area contributed by atoms with Crippen LogP contribution in [0.2, 0.25) is 0 Å². The maximum absolute atomic E-state index is 12.5. The van der Waals surface area contributed by atoms with E-state index in [4.69, 9.17) is 4.74 Å². The Morgan fingerprint density at radius 1 is 1.23 bits per heavy atom. The monoisotopic (exact) mass is 418 g/mol. The Morgan fingerprint density at radius 3 is 2.65 bits per heavy atom. The van der Waals surface area contributed by atoms with Crippen LogP contribution in [0.5, 0.6) is 0 Å². The number of aryl methyl sites for hydroxylation is 2. The quantitative estimate of drug-likeness (QED) is 0.346. The van der Waals surface area contributed by atoms with Gasteiger partial charge < -0.3 is 9.30 Å². The molecule has 0 amide bonds. The maximum Gasteiger partial charge on any atom is 0.349 e. The normalized spacial score (nSPS) is 11.7. The molecule has 3 rings (SSSR count). The van der Waals surface area contributed by atoms with Crippen molar-refractivity contribution < 1.29 is 9.53 Å². The van der Waals surface area contributed by atoms with Gasteiger partial charge in [0.25, 0.3) is 5.56 Å². The number of aromatic nitrogens is 3. The molecule has 3 heterocycles. The Labute approximate surface area is 181 Å². The first kappa shape index (κ1) is 22.0. The van der Waals surface area contributed by atoms with Crippen molar-refractivity contribution in [2.24, 2.45) is 5.92 Å². The Balaban J connectivity index is 1.81. The lowest BCUT2D eigenvalue weighted by Crippen LogP contribution is -2.18. The standard InChI is InChI=1S/C24H26N4O3/c1-15(2)13-27-17(4)9-19(18(27)5)10-20(12-25)24(30)31-14-21-11-23(29)28-16(3)7-6-8-22(28)26-21/h6-11,15H,13-14H2,1-5H3/b20-10+. The highest BCUT2D eigenvalue weighted by Gasteiger charge is 2.15. The third kappa shape index (κ3) is 4.75. The molecule has 7 heteroatoms. The lowest BCUT2D eigenvalue weighted by molar-refractivity contribution is -0.139. The van der Waals surface area contributed by atoms with E-state index in [2.05, 4.69) is 23.4 Å². The predicted molar refractivity (Wildman–Crippen MR) is 118 cm³/mol. The van der Waals surface area contributed by atoms with Gasteiger partial charge in [0.1, 0.15) is 23.9 Å². The Kier molecular flexibility index (Phi) is 6.40. The van der Waals surface area contributed by atoms with Gasteiger partial charge in [-0.15, -0.1) is 0 Å². The topological polar surface area (TPSA) is 89.4 Å². The van der Waals surface area contributed by atoms with Gasteiger partial charge in [-0.05, 0) is 56.5 Å². The fourth-order valence-corrected chi connectivity index (χ4v) is 3.57. The second kappa shape index (κ2) is 9.00. The molecule has 3 aromatic heterocycles. The van der Waals surface area contributed by atoms with E-state index < -0.39 is 5.97 Å². The van der Waals surface area contributed by atoms with Crippen LogP contribution in [-0.2, 0) is 22.7 Å². The molecule has 0 aliphatic heterocycles. The van der Waals surface area contributed by atoms with Gasteiger partial charge >= 0.3 is 5.97 Å². The van der Waals surface area contributed by atoms with Crippen molar-refractivity contribution in [3.8, 4) is 6.07 Å². The highest BCUT2D eigenvalue weighted by atomic mass is 16.5. The average Bonchev–Trinajstić information content (AvgIpc) is 2.97. The summed E-state index contributed by atoms with van der Waals surface area (Å²) in [6, 6.07) is 10.6. The fourth-order valence-electron chi connectivity index (χ4n) is 3.57. The molecule has 0 aliphatic rings. The molecule has 0 unspecified atom stereocenters. The molecule has 160 valence electrons. The number of ether oxygens (including phenoxy) is 1. The highest BCUT2D eigenvalue weighted by molar-refractivity contribution is 5.98. The van der Waals surface area contributed by atoms with Crippen molar-refractivity contribution in [3.63, 3.8) is 0 Å². The zero-order chi connectivity index (χ0) is 22.7. The molecule has 31 heavy (non-hydrogen) atoms. The summed E-state index contributed by atoms with van der Waals surface area (Å²) in [4.78, 5) is 29.2. The Bertz CT molecular complexity index is 1270. The smallest absolute Gasteiger partial charge is 0.349 e. The van der Waals surface area contributed by atoms with Crippen molar-refractivity contribution in [1.29, 1.82) is 5.26 Å². The van der Waals surface area contributed by atoms with Crippen LogP contribution in [-0.4, -0.2) is 19.9 Å². The van der Waals surface area contributed by atoms with E-state index in [1.54, 1.807) is 18.2 Å². The Morgan fingerprint density at radius 2 is 1.97 bits per heavy atom. The molecule has 0 radical (unpaired) electrons. The largest absolute Gasteiger partial charge is 0.455 e. The third-order valence-corrected chi connectivity index (χ3v) is 5.09. The number of hydrogen-bond acceptors (Lipinski definition) is 5. The van der Waals surface area contributed by atoms with Crippen LogP contribution in [0, 0.1) is 38.0 Å². The molecule has 0 spiro atoms. The van der Waals surface area contributed by atoms with E-state index in [0.29, 0.717) is 17.3 Å². The number of rotatable bonds is 6. The van der Waals surface area contributed by atoms with Gasteiger partial charge in [0.05, 0.1) is 5.69 Å². The molecule has 7 nitrogen and oxygen atoms in total.